The summed E-state index contributed by atoms with van der Waals surface area (Å²) in [6.07, 6.45) is -0.741. The van der Waals surface area contributed by atoms with Crippen LogP contribution in [0.1, 0.15) is 6.92 Å². The summed E-state index contributed by atoms with van der Waals surface area (Å²) in [6, 6.07) is 15.2. The van der Waals surface area contributed by atoms with Gasteiger partial charge >= 0.3 is 0 Å². The number of aliphatic hydroxyl groups excluding tert-OH is 1. The second-order valence-electron chi connectivity index (χ2n) is 5.78. The lowest BCUT2D eigenvalue weighted by Gasteiger charge is -2.15. The van der Waals surface area contributed by atoms with Crippen LogP contribution in [-0.4, -0.2) is 34.1 Å². The molecule has 132 valence electrons. The minimum absolute atomic E-state index is 0.123. The van der Waals surface area contributed by atoms with Crippen molar-refractivity contribution in [3.8, 4) is 11.5 Å². The van der Waals surface area contributed by atoms with Gasteiger partial charge in [-0.25, -0.2) is 0 Å². The molecule has 0 aliphatic carbocycles. The Morgan fingerprint density at radius 2 is 1.60 bits per heavy atom. The van der Waals surface area contributed by atoms with Crippen molar-refractivity contribution in [1.29, 1.82) is 5.41 Å². The number of aliphatic hydroxyl groups is 1. The van der Waals surface area contributed by atoms with E-state index in [2.05, 4.69) is 0 Å². The zero-order chi connectivity index (χ0) is 17.8. The number of methoxy groups -OCH3 is 1. The molecular formula is C19H23N3O3. The van der Waals surface area contributed by atoms with Gasteiger partial charge in [-0.3, -0.25) is 5.41 Å². The number of ether oxygens (including phenoxy) is 2. The van der Waals surface area contributed by atoms with Gasteiger partial charge in [-0.1, -0.05) is 24.3 Å². The number of hydrogen-bond donors (Lipinski definition) is 2. The molecule has 1 atom stereocenters. The molecule has 0 unspecified atom stereocenters. The summed E-state index contributed by atoms with van der Waals surface area (Å²) in [6.45, 7) is 3.14. The fourth-order valence-electron chi connectivity index (χ4n) is 2.99. The fraction of sp³-hybridized carbons (Fsp3) is 0.316. The predicted molar refractivity (Wildman–Crippen MR) is 96.0 cm³/mol. The van der Waals surface area contributed by atoms with Crippen LogP contribution in [0.3, 0.4) is 0 Å². The molecule has 0 fully saturated rings. The van der Waals surface area contributed by atoms with Crippen LogP contribution in [0, 0.1) is 5.41 Å². The highest BCUT2D eigenvalue weighted by Crippen LogP contribution is 2.25. The maximum Gasteiger partial charge on any atom is 0.203 e. The Hall–Kier alpha value is -2.73. The van der Waals surface area contributed by atoms with Crippen molar-refractivity contribution < 1.29 is 14.6 Å². The summed E-state index contributed by atoms with van der Waals surface area (Å²) in [5, 5.41) is 18.8. The van der Waals surface area contributed by atoms with Gasteiger partial charge in [-0.15, -0.1) is 0 Å². The summed E-state index contributed by atoms with van der Waals surface area (Å²) in [5.74, 6) is 1.22. The van der Waals surface area contributed by atoms with Gasteiger partial charge < -0.3 is 23.7 Å². The first-order valence-electron chi connectivity index (χ1n) is 8.32. The van der Waals surface area contributed by atoms with Crippen LogP contribution >= 0.6 is 0 Å². The van der Waals surface area contributed by atoms with E-state index in [4.69, 9.17) is 14.9 Å². The molecule has 0 bridgehead atoms. The van der Waals surface area contributed by atoms with E-state index in [1.165, 1.54) is 0 Å². The van der Waals surface area contributed by atoms with Crippen LogP contribution in [0.5, 0.6) is 11.5 Å². The average Bonchev–Trinajstić information content (AvgIpc) is 2.91. The first-order chi connectivity index (χ1) is 12.2. The van der Waals surface area contributed by atoms with E-state index >= 15 is 0 Å². The zero-order valence-electron chi connectivity index (χ0n) is 14.5. The van der Waals surface area contributed by atoms with Gasteiger partial charge in [0.05, 0.1) is 24.7 Å². The maximum absolute atomic E-state index is 10.4. The van der Waals surface area contributed by atoms with Crippen LogP contribution in [0.15, 0.2) is 48.5 Å². The van der Waals surface area contributed by atoms with Gasteiger partial charge in [0.25, 0.3) is 0 Å². The molecule has 0 saturated heterocycles. The van der Waals surface area contributed by atoms with Gasteiger partial charge in [0.2, 0.25) is 5.62 Å². The van der Waals surface area contributed by atoms with E-state index < -0.39 is 6.10 Å². The number of benzene rings is 2. The number of imidazole rings is 1. The lowest BCUT2D eigenvalue weighted by Crippen LogP contribution is -2.31. The molecule has 3 rings (SSSR count). The molecule has 6 nitrogen and oxygen atoms in total. The van der Waals surface area contributed by atoms with Crippen molar-refractivity contribution in [2.45, 2.75) is 26.1 Å². The molecule has 0 aliphatic rings. The summed E-state index contributed by atoms with van der Waals surface area (Å²) in [5.41, 5.74) is 2.30. The largest absolute Gasteiger partial charge is 0.493 e. The Bertz CT molecular complexity index is 914. The molecule has 0 spiro atoms. The van der Waals surface area contributed by atoms with Gasteiger partial charge in [0, 0.05) is 6.54 Å². The molecule has 1 heterocycles. The van der Waals surface area contributed by atoms with Gasteiger partial charge in [0.1, 0.15) is 12.7 Å². The minimum Gasteiger partial charge on any atom is -0.493 e. The van der Waals surface area contributed by atoms with E-state index in [1.807, 2.05) is 58.5 Å². The Balaban J connectivity index is 1.77. The molecular weight excluding hydrogens is 318 g/mol. The van der Waals surface area contributed by atoms with Crippen LogP contribution in [0.4, 0.5) is 0 Å². The van der Waals surface area contributed by atoms with E-state index in [9.17, 15) is 5.11 Å². The number of nitrogens with one attached hydrogen (secondary N) is 1. The van der Waals surface area contributed by atoms with Crippen LogP contribution in [0.2, 0.25) is 0 Å². The lowest BCUT2D eigenvalue weighted by atomic mass is 10.3. The fourth-order valence-corrected chi connectivity index (χ4v) is 2.99. The first-order valence-corrected chi connectivity index (χ1v) is 8.32. The lowest BCUT2D eigenvalue weighted by molar-refractivity contribution is 0.0906. The highest BCUT2D eigenvalue weighted by molar-refractivity contribution is 5.75. The standard InChI is InChI=1S/C19H23N3O3/c1-3-21-15-8-4-5-9-16(15)22(19(21)20)12-14(23)13-25-18-11-7-6-10-17(18)24-2/h4-11,14,20,23H,3,12-13H2,1-2H3/t14-/m0/s1. The van der Waals surface area contributed by atoms with E-state index in [0.717, 1.165) is 11.0 Å². The van der Waals surface area contributed by atoms with Crippen molar-refractivity contribution >= 4 is 11.0 Å². The maximum atomic E-state index is 10.4. The Morgan fingerprint density at radius 1 is 1.00 bits per heavy atom. The summed E-state index contributed by atoms with van der Waals surface area (Å²) < 4.78 is 14.7. The third-order valence-electron chi connectivity index (χ3n) is 4.18. The second-order valence-corrected chi connectivity index (χ2v) is 5.78. The van der Waals surface area contributed by atoms with Gasteiger partial charge in [-0.05, 0) is 31.2 Å². The van der Waals surface area contributed by atoms with Crippen molar-refractivity contribution in [3.63, 3.8) is 0 Å². The van der Waals surface area contributed by atoms with Crippen molar-refractivity contribution in [2.24, 2.45) is 0 Å². The third kappa shape index (κ3) is 3.39. The first kappa shape index (κ1) is 17.1. The average molecular weight is 341 g/mol. The number of fused-ring (bicyclic) bond motifs is 1. The van der Waals surface area contributed by atoms with Crippen molar-refractivity contribution in [1.82, 2.24) is 9.13 Å². The molecule has 3 aromatic rings. The SMILES string of the molecule is CCn1c(=N)n(C[C@H](O)COc2ccccc2OC)c2ccccc21. The number of nitrogens with zero attached hydrogens (tertiary/aromatic N) is 2. The van der Waals surface area contributed by atoms with Crippen molar-refractivity contribution in [2.75, 3.05) is 13.7 Å². The van der Waals surface area contributed by atoms with Gasteiger partial charge in [0.15, 0.2) is 11.5 Å². The number of aryl methyl sites for hydroxylation is 1. The molecule has 2 N–H and O–H groups in total. The highest BCUT2D eigenvalue weighted by atomic mass is 16.5. The number of aromatic nitrogens is 2. The van der Waals surface area contributed by atoms with E-state index in [1.54, 1.807) is 13.2 Å². The van der Waals surface area contributed by atoms with Crippen LogP contribution < -0.4 is 15.1 Å². The zero-order valence-corrected chi connectivity index (χ0v) is 14.5. The minimum atomic E-state index is -0.741. The quantitative estimate of drug-likeness (QED) is 0.693. The summed E-state index contributed by atoms with van der Waals surface area (Å²) in [4.78, 5) is 0. The van der Waals surface area contributed by atoms with Crippen LogP contribution in [0.25, 0.3) is 11.0 Å². The van der Waals surface area contributed by atoms with E-state index in [-0.39, 0.29) is 6.61 Å². The number of rotatable bonds is 7. The second kappa shape index (κ2) is 7.44. The predicted octanol–water partition coefficient (Wildman–Crippen LogP) is 2.39. The summed E-state index contributed by atoms with van der Waals surface area (Å²) in [7, 11) is 1.58. The van der Waals surface area contributed by atoms with Crippen molar-refractivity contribution in [3.05, 3.63) is 54.1 Å². The Morgan fingerprint density at radius 3 is 2.24 bits per heavy atom. The third-order valence-corrected chi connectivity index (χ3v) is 4.18. The molecule has 25 heavy (non-hydrogen) atoms. The highest BCUT2D eigenvalue weighted by Gasteiger charge is 2.14. The molecule has 0 aliphatic heterocycles. The monoisotopic (exact) mass is 341 g/mol. The summed E-state index contributed by atoms with van der Waals surface area (Å²) >= 11 is 0. The number of hydrogen-bond acceptors (Lipinski definition) is 4. The van der Waals surface area contributed by atoms with E-state index in [0.29, 0.717) is 30.2 Å². The molecule has 0 amide bonds. The molecule has 0 radical (unpaired) electrons. The molecule has 2 aromatic carbocycles. The topological polar surface area (TPSA) is 72.4 Å². The Kier molecular flexibility index (Phi) is 5.09. The molecule has 0 saturated carbocycles. The Labute approximate surface area is 146 Å². The molecule has 1 aromatic heterocycles. The molecule has 6 heteroatoms. The number of para-hydroxylation sites is 4. The smallest absolute Gasteiger partial charge is 0.203 e. The van der Waals surface area contributed by atoms with Gasteiger partial charge in [-0.2, -0.15) is 0 Å². The normalized spacial score (nSPS) is 12.3. The van der Waals surface area contributed by atoms with Crippen LogP contribution in [-0.2, 0) is 13.1 Å².